The molecule has 0 aromatic heterocycles. The lowest BCUT2D eigenvalue weighted by atomic mass is 9.38. The quantitative estimate of drug-likeness (QED) is 0.320. The monoisotopic (exact) mass is 572 g/mol. The highest BCUT2D eigenvalue weighted by Gasteiger charge is 2.75. The molecule has 1 fully saturated rings. The summed E-state index contributed by atoms with van der Waals surface area (Å²) in [4.78, 5) is 41.1. The predicted octanol–water partition coefficient (Wildman–Crippen LogP) is 6.23. The van der Waals surface area contributed by atoms with E-state index in [9.17, 15) is 34.8 Å². The van der Waals surface area contributed by atoms with Gasteiger partial charge >= 0.3 is 0 Å². The van der Waals surface area contributed by atoms with Gasteiger partial charge in [-0.15, -0.1) is 0 Å². The Labute approximate surface area is 246 Å². The first kappa shape index (κ1) is 29.8. The number of allylic oxidation sites excluding steroid dienone is 1. The van der Waals surface area contributed by atoms with Gasteiger partial charge in [-0.1, -0.05) is 84.9 Å². The number of phenols is 1. The molecule has 0 amide bonds. The molecule has 3 aliphatic carbocycles. The topological polar surface area (TPSA) is 132 Å². The summed E-state index contributed by atoms with van der Waals surface area (Å²) >= 11 is 0. The smallest absolute Gasteiger partial charge is 0.203 e. The molecule has 4 N–H and O–H groups in total. The van der Waals surface area contributed by atoms with E-state index in [1.807, 2.05) is 58.0 Å². The molecule has 6 atom stereocenters. The van der Waals surface area contributed by atoms with Crippen molar-refractivity contribution in [2.45, 2.75) is 73.3 Å². The van der Waals surface area contributed by atoms with Gasteiger partial charge < -0.3 is 20.4 Å². The minimum atomic E-state index is -2.65. The Kier molecular flexibility index (Phi) is 6.66. The molecule has 1 saturated carbocycles. The highest BCUT2D eigenvalue weighted by atomic mass is 16.3. The SMILES string of the molecule is CCc1ccc(-c2ccc3c(c2O)C(O)=C2C(=O)[C@@]4(O)C(O)=C(C(C)=O)C(=O)C(C(C)C)[C@@]4(C)[C@H](C)[C@@]2(C)[C@@H]3C)cc1. The van der Waals surface area contributed by atoms with Crippen LogP contribution in [0.3, 0.4) is 0 Å². The van der Waals surface area contributed by atoms with Gasteiger partial charge in [0.2, 0.25) is 5.78 Å². The lowest BCUT2D eigenvalue weighted by Crippen LogP contribution is -2.72. The van der Waals surface area contributed by atoms with Crippen molar-refractivity contribution < 1.29 is 34.8 Å². The number of aliphatic hydroxyl groups excluding tert-OH is 2. The number of aryl methyl sites for hydroxylation is 1. The molecule has 2 aromatic carbocycles. The summed E-state index contributed by atoms with van der Waals surface area (Å²) in [5, 5.41) is 47.3. The fourth-order valence-corrected chi connectivity index (χ4v) is 8.51. The molecule has 222 valence electrons. The molecule has 0 radical (unpaired) electrons. The minimum absolute atomic E-state index is 0.0994. The van der Waals surface area contributed by atoms with Crippen molar-refractivity contribution >= 4 is 23.1 Å². The maximum Gasteiger partial charge on any atom is 0.203 e. The molecular formula is C35H40O7. The maximum atomic E-state index is 14.7. The molecule has 0 aliphatic heterocycles. The molecule has 2 aromatic rings. The molecule has 42 heavy (non-hydrogen) atoms. The first-order valence-electron chi connectivity index (χ1n) is 14.7. The molecular weight excluding hydrogens is 532 g/mol. The first-order valence-corrected chi connectivity index (χ1v) is 14.7. The van der Waals surface area contributed by atoms with Crippen LogP contribution in [0.5, 0.6) is 5.75 Å². The third-order valence-electron chi connectivity index (χ3n) is 11.2. The fourth-order valence-electron chi connectivity index (χ4n) is 8.51. The van der Waals surface area contributed by atoms with Crippen LogP contribution in [0.2, 0.25) is 0 Å². The summed E-state index contributed by atoms with van der Waals surface area (Å²) in [5.74, 6) is -6.38. The number of hydrogen-bond donors (Lipinski definition) is 4. The van der Waals surface area contributed by atoms with E-state index in [2.05, 4.69) is 0 Å². The predicted molar refractivity (Wildman–Crippen MR) is 160 cm³/mol. The highest BCUT2D eigenvalue weighted by Crippen LogP contribution is 2.70. The van der Waals surface area contributed by atoms with Gasteiger partial charge in [-0.05, 0) is 47.8 Å². The van der Waals surface area contributed by atoms with Crippen LogP contribution < -0.4 is 0 Å². The number of Topliss-reactive ketones (excluding diaryl/α,β-unsaturated/α-hetero) is 3. The summed E-state index contributed by atoms with van der Waals surface area (Å²) in [5.41, 5.74) is -2.92. The third kappa shape index (κ3) is 3.34. The van der Waals surface area contributed by atoms with Crippen LogP contribution in [-0.2, 0) is 20.8 Å². The van der Waals surface area contributed by atoms with Gasteiger partial charge in [-0.3, -0.25) is 14.4 Å². The van der Waals surface area contributed by atoms with E-state index in [0.717, 1.165) is 24.5 Å². The second kappa shape index (κ2) is 9.40. The number of fused-ring (bicyclic) bond motifs is 3. The molecule has 7 nitrogen and oxygen atoms in total. The number of ketones is 3. The van der Waals surface area contributed by atoms with E-state index < -0.39 is 68.6 Å². The van der Waals surface area contributed by atoms with Crippen molar-refractivity contribution in [2.75, 3.05) is 0 Å². The van der Waals surface area contributed by atoms with E-state index in [4.69, 9.17) is 0 Å². The Hall–Kier alpha value is -3.71. The van der Waals surface area contributed by atoms with E-state index in [1.54, 1.807) is 26.8 Å². The lowest BCUT2D eigenvalue weighted by molar-refractivity contribution is -0.195. The zero-order chi connectivity index (χ0) is 31.3. The zero-order valence-electron chi connectivity index (χ0n) is 25.5. The minimum Gasteiger partial charge on any atom is -0.508 e. The second-order valence-corrected chi connectivity index (χ2v) is 13.1. The summed E-state index contributed by atoms with van der Waals surface area (Å²) in [6.07, 6.45) is 0.859. The van der Waals surface area contributed by atoms with Crippen molar-refractivity contribution in [1.29, 1.82) is 0 Å². The summed E-state index contributed by atoms with van der Waals surface area (Å²) in [6, 6.07) is 11.4. The average Bonchev–Trinajstić information content (AvgIpc) is 2.93. The van der Waals surface area contributed by atoms with Gasteiger partial charge in [0.25, 0.3) is 0 Å². The molecule has 0 bridgehead atoms. The van der Waals surface area contributed by atoms with E-state index >= 15 is 0 Å². The summed E-state index contributed by atoms with van der Waals surface area (Å²) in [6.45, 7) is 14.0. The fraction of sp³-hybridized carbons (Fsp3) is 0.457. The molecule has 3 aliphatic rings. The van der Waals surface area contributed by atoms with E-state index in [-0.39, 0.29) is 22.8 Å². The van der Waals surface area contributed by atoms with Crippen molar-refractivity contribution in [2.24, 2.45) is 28.6 Å². The van der Waals surface area contributed by atoms with Crippen molar-refractivity contribution in [3.8, 4) is 16.9 Å². The number of aromatic hydroxyl groups is 1. The largest absolute Gasteiger partial charge is 0.508 e. The van der Waals surface area contributed by atoms with Gasteiger partial charge in [0.15, 0.2) is 17.2 Å². The van der Waals surface area contributed by atoms with Gasteiger partial charge in [0.05, 0.1) is 5.56 Å². The van der Waals surface area contributed by atoms with E-state index in [1.165, 1.54) is 0 Å². The van der Waals surface area contributed by atoms with Crippen LogP contribution in [0, 0.1) is 28.6 Å². The van der Waals surface area contributed by atoms with Crippen LogP contribution in [0.4, 0.5) is 0 Å². The summed E-state index contributed by atoms with van der Waals surface area (Å²) in [7, 11) is 0. The Balaban J connectivity index is 1.84. The van der Waals surface area contributed by atoms with Crippen LogP contribution in [0.1, 0.15) is 78.0 Å². The number of carbonyl (C=O) groups excluding carboxylic acids is 3. The normalized spacial score (nSPS) is 32.6. The molecule has 0 saturated heterocycles. The number of carbonyl (C=O) groups is 3. The molecule has 1 unspecified atom stereocenters. The lowest BCUT2D eigenvalue weighted by Gasteiger charge is -2.64. The van der Waals surface area contributed by atoms with Crippen LogP contribution in [0.15, 0.2) is 53.3 Å². The number of phenolic OH excluding ortho intramolecular Hbond substituents is 1. The van der Waals surface area contributed by atoms with Crippen LogP contribution in [-0.4, -0.2) is 43.4 Å². The van der Waals surface area contributed by atoms with Crippen molar-refractivity contribution in [3.63, 3.8) is 0 Å². The van der Waals surface area contributed by atoms with Crippen molar-refractivity contribution in [3.05, 3.63) is 70.0 Å². The van der Waals surface area contributed by atoms with Gasteiger partial charge in [0.1, 0.15) is 22.8 Å². The summed E-state index contributed by atoms with van der Waals surface area (Å²) < 4.78 is 0. The number of benzene rings is 2. The number of aliphatic hydroxyl groups is 3. The Bertz CT molecular complexity index is 1610. The first-order chi connectivity index (χ1) is 19.5. The molecule has 0 spiro atoms. The standard InChI is InChI=1S/C35H40O7/c1-9-20-10-12-21(13-11-20)23-15-14-22-17(4)33(7)19(6)34(8)26(16(2)3)29(38)24(18(5)36)31(40)35(34,42)32(41)27(33)30(39)25(22)28(23)37/h10-17,19,26,37,39-40,42H,9H2,1-8H3/t17-,19-,26?,33-,34-,35+/m1/s1. The molecule has 5 rings (SSSR count). The van der Waals surface area contributed by atoms with Crippen molar-refractivity contribution in [1.82, 2.24) is 0 Å². The number of hydrogen-bond acceptors (Lipinski definition) is 7. The second-order valence-electron chi connectivity index (χ2n) is 13.1. The zero-order valence-corrected chi connectivity index (χ0v) is 25.5. The van der Waals surface area contributed by atoms with E-state index in [0.29, 0.717) is 11.1 Å². The third-order valence-corrected chi connectivity index (χ3v) is 11.2. The van der Waals surface area contributed by atoms with Crippen LogP contribution >= 0.6 is 0 Å². The Morgan fingerprint density at radius 3 is 2.10 bits per heavy atom. The number of rotatable bonds is 4. The maximum absolute atomic E-state index is 14.7. The van der Waals surface area contributed by atoms with Crippen LogP contribution in [0.25, 0.3) is 16.9 Å². The Morgan fingerprint density at radius 2 is 1.57 bits per heavy atom. The molecule has 0 heterocycles. The molecule has 7 heteroatoms. The average molecular weight is 573 g/mol. The van der Waals surface area contributed by atoms with Gasteiger partial charge in [-0.2, -0.15) is 0 Å². The Morgan fingerprint density at radius 1 is 0.976 bits per heavy atom. The highest BCUT2D eigenvalue weighted by molar-refractivity contribution is 6.24. The van der Waals surface area contributed by atoms with Gasteiger partial charge in [-0.25, -0.2) is 0 Å². The van der Waals surface area contributed by atoms with Gasteiger partial charge in [0, 0.05) is 27.9 Å².